The Kier molecular flexibility index (Phi) is 5.23. The third-order valence-electron chi connectivity index (χ3n) is 3.65. The lowest BCUT2D eigenvalue weighted by Gasteiger charge is -2.08. The van der Waals surface area contributed by atoms with Crippen molar-refractivity contribution in [2.45, 2.75) is 13.5 Å². The van der Waals surface area contributed by atoms with Crippen LogP contribution in [0, 0.1) is 17.0 Å². The van der Waals surface area contributed by atoms with E-state index in [0.29, 0.717) is 17.3 Å². The standard InChI is InChI=1S/C18H17N5O2S/c1-13-3-2-4-14(9-13)11-22-12-16(10-19-22)21-18(26)20-15-5-7-17(8-6-15)23(24)25/h2-10,12H,11H2,1H3,(H2,20,21,26). The third kappa shape index (κ3) is 4.64. The predicted molar refractivity (Wildman–Crippen MR) is 105 cm³/mol. The molecule has 0 fully saturated rings. The van der Waals surface area contributed by atoms with Crippen molar-refractivity contribution in [2.75, 3.05) is 10.6 Å². The summed E-state index contributed by atoms with van der Waals surface area (Å²) < 4.78 is 1.82. The Bertz CT molecular complexity index is 937. The second-order valence-electron chi connectivity index (χ2n) is 5.80. The van der Waals surface area contributed by atoms with E-state index < -0.39 is 4.92 Å². The van der Waals surface area contributed by atoms with Crippen molar-refractivity contribution >= 4 is 34.4 Å². The van der Waals surface area contributed by atoms with E-state index in [4.69, 9.17) is 12.2 Å². The number of nitrogens with zero attached hydrogens (tertiary/aromatic N) is 3. The second kappa shape index (κ2) is 7.75. The largest absolute Gasteiger partial charge is 0.332 e. The molecule has 0 aliphatic carbocycles. The highest BCUT2D eigenvalue weighted by Gasteiger charge is 2.06. The van der Waals surface area contributed by atoms with Gasteiger partial charge in [-0.1, -0.05) is 29.8 Å². The van der Waals surface area contributed by atoms with Crippen molar-refractivity contribution in [3.8, 4) is 0 Å². The molecule has 7 nitrogen and oxygen atoms in total. The number of anilines is 2. The lowest BCUT2D eigenvalue weighted by molar-refractivity contribution is -0.384. The van der Waals surface area contributed by atoms with Crippen LogP contribution in [0.1, 0.15) is 11.1 Å². The molecule has 3 rings (SSSR count). The average molecular weight is 367 g/mol. The van der Waals surface area contributed by atoms with Crippen molar-refractivity contribution < 1.29 is 4.92 Å². The van der Waals surface area contributed by atoms with Gasteiger partial charge in [0.05, 0.1) is 23.4 Å². The summed E-state index contributed by atoms with van der Waals surface area (Å²) in [5, 5.41) is 21.4. The summed E-state index contributed by atoms with van der Waals surface area (Å²) in [5.41, 5.74) is 3.84. The molecule has 0 spiro atoms. The van der Waals surface area contributed by atoms with Crippen LogP contribution < -0.4 is 10.6 Å². The van der Waals surface area contributed by atoms with Crippen LogP contribution in [0.15, 0.2) is 60.9 Å². The van der Waals surface area contributed by atoms with Crippen LogP contribution in [0.4, 0.5) is 17.1 Å². The van der Waals surface area contributed by atoms with Gasteiger partial charge in [0.2, 0.25) is 0 Å². The molecule has 1 aromatic heterocycles. The number of nitrogens with one attached hydrogen (secondary N) is 2. The Hall–Kier alpha value is -3.26. The van der Waals surface area contributed by atoms with Crippen molar-refractivity contribution in [1.82, 2.24) is 9.78 Å². The molecule has 0 radical (unpaired) electrons. The number of nitro groups is 1. The predicted octanol–water partition coefficient (Wildman–Crippen LogP) is 3.96. The number of non-ortho nitro benzene ring substituents is 1. The van der Waals surface area contributed by atoms with E-state index in [0.717, 1.165) is 5.69 Å². The number of hydrogen-bond acceptors (Lipinski definition) is 4. The summed E-state index contributed by atoms with van der Waals surface area (Å²) >= 11 is 5.27. The van der Waals surface area contributed by atoms with E-state index in [-0.39, 0.29) is 5.69 Å². The van der Waals surface area contributed by atoms with Crippen LogP contribution in [0.25, 0.3) is 0 Å². The summed E-state index contributed by atoms with van der Waals surface area (Å²) in [7, 11) is 0. The van der Waals surface area contributed by atoms with Crippen LogP contribution in [0.2, 0.25) is 0 Å². The first-order valence-electron chi connectivity index (χ1n) is 7.90. The fraction of sp³-hybridized carbons (Fsp3) is 0.111. The van der Waals surface area contributed by atoms with E-state index in [1.165, 1.54) is 23.3 Å². The van der Waals surface area contributed by atoms with Crippen LogP contribution in [-0.4, -0.2) is 19.8 Å². The topological polar surface area (TPSA) is 85.0 Å². The summed E-state index contributed by atoms with van der Waals surface area (Å²) in [6, 6.07) is 14.3. The van der Waals surface area contributed by atoms with Gasteiger partial charge in [0.25, 0.3) is 5.69 Å². The van der Waals surface area contributed by atoms with E-state index in [1.807, 2.05) is 16.9 Å². The number of aromatic nitrogens is 2. The van der Waals surface area contributed by atoms with Gasteiger partial charge in [-0.05, 0) is 36.8 Å². The van der Waals surface area contributed by atoms with E-state index >= 15 is 0 Å². The highest BCUT2D eigenvalue weighted by molar-refractivity contribution is 7.80. The van der Waals surface area contributed by atoms with Crippen LogP contribution in [-0.2, 0) is 6.54 Å². The Morgan fingerprint density at radius 3 is 2.62 bits per heavy atom. The van der Waals surface area contributed by atoms with Crippen LogP contribution in [0.3, 0.4) is 0 Å². The Labute approximate surface area is 155 Å². The molecule has 0 saturated carbocycles. The number of thiocarbonyl (C=S) groups is 1. The molecule has 0 atom stereocenters. The fourth-order valence-electron chi connectivity index (χ4n) is 2.47. The highest BCUT2D eigenvalue weighted by Crippen LogP contribution is 2.16. The number of hydrogen-bond donors (Lipinski definition) is 2. The maximum atomic E-state index is 10.7. The van der Waals surface area contributed by atoms with Gasteiger partial charge in [-0.25, -0.2) is 0 Å². The molecular weight excluding hydrogens is 350 g/mol. The molecule has 0 aliphatic rings. The maximum absolute atomic E-state index is 10.7. The summed E-state index contributed by atoms with van der Waals surface area (Å²) in [5.74, 6) is 0. The molecule has 8 heteroatoms. The molecule has 0 unspecified atom stereocenters. The zero-order chi connectivity index (χ0) is 18.5. The fourth-order valence-corrected chi connectivity index (χ4v) is 2.71. The van der Waals surface area contributed by atoms with Crippen molar-refractivity contribution in [3.63, 3.8) is 0 Å². The van der Waals surface area contributed by atoms with Crippen LogP contribution >= 0.6 is 12.2 Å². The molecule has 0 aliphatic heterocycles. The minimum absolute atomic E-state index is 0.0341. The summed E-state index contributed by atoms with van der Waals surface area (Å²) in [6.45, 7) is 2.73. The lowest BCUT2D eigenvalue weighted by atomic mass is 10.1. The van der Waals surface area contributed by atoms with Crippen molar-refractivity contribution in [3.05, 3.63) is 82.2 Å². The monoisotopic (exact) mass is 367 g/mol. The van der Waals surface area contributed by atoms with Crippen molar-refractivity contribution in [1.29, 1.82) is 0 Å². The molecule has 0 amide bonds. The summed E-state index contributed by atoms with van der Waals surface area (Å²) in [6.07, 6.45) is 3.56. The smallest absolute Gasteiger partial charge is 0.269 e. The Balaban J connectivity index is 1.58. The first kappa shape index (κ1) is 17.6. The van der Waals surface area contributed by atoms with Gasteiger partial charge in [-0.15, -0.1) is 0 Å². The minimum Gasteiger partial charge on any atom is -0.332 e. The molecule has 0 bridgehead atoms. The first-order chi connectivity index (χ1) is 12.5. The van der Waals surface area contributed by atoms with E-state index in [2.05, 4.69) is 40.9 Å². The van der Waals surface area contributed by atoms with Gasteiger partial charge < -0.3 is 10.6 Å². The van der Waals surface area contributed by atoms with E-state index in [9.17, 15) is 10.1 Å². The molecule has 26 heavy (non-hydrogen) atoms. The average Bonchev–Trinajstić information content (AvgIpc) is 3.02. The normalized spacial score (nSPS) is 10.3. The molecular formula is C18H17N5O2S. The van der Waals surface area contributed by atoms with Crippen molar-refractivity contribution in [2.24, 2.45) is 0 Å². The number of nitro benzene ring substituents is 1. The van der Waals surface area contributed by atoms with Gasteiger partial charge >= 0.3 is 0 Å². The number of rotatable bonds is 5. The molecule has 0 saturated heterocycles. The molecule has 2 aromatic carbocycles. The quantitative estimate of drug-likeness (QED) is 0.403. The first-order valence-corrected chi connectivity index (χ1v) is 8.31. The zero-order valence-corrected chi connectivity index (χ0v) is 14.9. The Morgan fingerprint density at radius 2 is 1.92 bits per heavy atom. The second-order valence-corrected chi connectivity index (χ2v) is 6.21. The van der Waals surface area contributed by atoms with Gasteiger partial charge in [0, 0.05) is 24.0 Å². The third-order valence-corrected chi connectivity index (χ3v) is 3.86. The van der Waals surface area contributed by atoms with Gasteiger partial charge in [-0.3, -0.25) is 14.8 Å². The van der Waals surface area contributed by atoms with Gasteiger partial charge in [0.1, 0.15) is 0 Å². The minimum atomic E-state index is -0.441. The molecule has 132 valence electrons. The Morgan fingerprint density at radius 1 is 1.19 bits per heavy atom. The molecule has 1 heterocycles. The van der Waals surface area contributed by atoms with Gasteiger partial charge in [0.15, 0.2) is 5.11 Å². The maximum Gasteiger partial charge on any atom is 0.269 e. The molecule has 3 aromatic rings. The lowest BCUT2D eigenvalue weighted by Crippen LogP contribution is -2.18. The number of benzene rings is 2. The van der Waals surface area contributed by atoms with Gasteiger partial charge in [-0.2, -0.15) is 5.10 Å². The SMILES string of the molecule is Cc1cccc(Cn2cc(NC(=S)Nc3ccc([N+](=O)[O-])cc3)cn2)c1. The summed E-state index contributed by atoms with van der Waals surface area (Å²) in [4.78, 5) is 10.2. The highest BCUT2D eigenvalue weighted by atomic mass is 32.1. The van der Waals surface area contributed by atoms with Crippen LogP contribution in [0.5, 0.6) is 0 Å². The molecule has 2 N–H and O–H groups in total. The van der Waals surface area contributed by atoms with E-state index in [1.54, 1.807) is 18.3 Å². The zero-order valence-electron chi connectivity index (χ0n) is 14.0. The number of aryl methyl sites for hydroxylation is 1.